The number of hydrogen-bond acceptors (Lipinski definition) is 5. The number of aromatic nitrogens is 3. The molecule has 1 aromatic carbocycles. The van der Waals surface area contributed by atoms with Crippen LogP contribution in [0, 0.1) is 18.2 Å². The van der Waals surface area contributed by atoms with Crippen LogP contribution in [-0.4, -0.2) is 26.2 Å². The van der Waals surface area contributed by atoms with Crippen LogP contribution >= 0.6 is 11.6 Å². The van der Waals surface area contributed by atoms with Gasteiger partial charge < -0.3 is 15.0 Å². The van der Waals surface area contributed by atoms with Crippen molar-refractivity contribution in [1.82, 2.24) is 14.5 Å². The number of aliphatic hydroxyl groups excluding tert-OH is 1. The molecule has 0 aliphatic carbocycles. The summed E-state index contributed by atoms with van der Waals surface area (Å²) in [6.07, 6.45) is 3.65. The van der Waals surface area contributed by atoms with Crippen LogP contribution in [0.2, 0.25) is 5.02 Å². The van der Waals surface area contributed by atoms with E-state index in [-0.39, 0.29) is 34.9 Å². The van der Waals surface area contributed by atoms with Crippen molar-refractivity contribution >= 4 is 28.5 Å². The summed E-state index contributed by atoms with van der Waals surface area (Å²) < 4.78 is 16.7. The fourth-order valence-corrected chi connectivity index (χ4v) is 4.52. The Hall–Kier alpha value is -3.29. The first-order chi connectivity index (χ1) is 17.1. The van der Waals surface area contributed by atoms with Gasteiger partial charge in [0.05, 0.1) is 35.3 Å². The van der Waals surface area contributed by atoms with Gasteiger partial charge in [0.15, 0.2) is 5.43 Å². The summed E-state index contributed by atoms with van der Waals surface area (Å²) in [7, 11) is 0. The van der Waals surface area contributed by atoms with E-state index in [1.165, 1.54) is 6.07 Å². The van der Waals surface area contributed by atoms with Crippen molar-refractivity contribution in [2.45, 2.75) is 46.7 Å². The fourth-order valence-electron chi connectivity index (χ4n) is 4.32. The number of aryl methyl sites for hydroxylation is 1. The quantitative estimate of drug-likeness (QED) is 0.336. The van der Waals surface area contributed by atoms with Gasteiger partial charge in [0, 0.05) is 24.4 Å². The first-order valence-corrected chi connectivity index (χ1v) is 12.2. The molecule has 0 spiro atoms. The molecule has 0 bridgehead atoms. The Labute approximate surface area is 214 Å². The SMILES string of the molecule is Cc1cn([C@H](CO)C(C)(C)C)c2nc(NCc3ccccn3)c(Cc3cccc(Cl)c3F)cc2c1=O. The second-order valence-electron chi connectivity index (χ2n) is 10.0. The molecule has 0 unspecified atom stereocenters. The summed E-state index contributed by atoms with van der Waals surface area (Å²) in [6.45, 7) is 8.12. The van der Waals surface area contributed by atoms with E-state index in [9.17, 15) is 14.3 Å². The van der Waals surface area contributed by atoms with Crippen LogP contribution in [0.4, 0.5) is 10.2 Å². The Morgan fingerprint density at radius 1 is 1.17 bits per heavy atom. The van der Waals surface area contributed by atoms with Crippen LogP contribution in [0.15, 0.2) is 59.7 Å². The van der Waals surface area contributed by atoms with E-state index in [1.807, 2.05) is 43.5 Å². The highest BCUT2D eigenvalue weighted by Gasteiger charge is 2.28. The number of hydrogen-bond donors (Lipinski definition) is 2. The predicted octanol–water partition coefficient (Wildman–Crippen LogP) is 5.67. The Balaban J connectivity index is 1.92. The molecule has 36 heavy (non-hydrogen) atoms. The zero-order valence-corrected chi connectivity index (χ0v) is 21.6. The lowest BCUT2D eigenvalue weighted by Crippen LogP contribution is -2.30. The predicted molar refractivity (Wildman–Crippen MR) is 142 cm³/mol. The molecule has 0 aliphatic rings. The van der Waals surface area contributed by atoms with Gasteiger partial charge in [-0.3, -0.25) is 9.78 Å². The molecule has 8 heteroatoms. The number of benzene rings is 1. The maximum absolute atomic E-state index is 14.8. The average Bonchev–Trinajstić information content (AvgIpc) is 2.84. The summed E-state index contributed by atoms with van der Waals surface area (Å²) in [5.41, 5.74) is 2.42. The summed E-state index contributed by atoms with van der Waals surface area (Å²) in [6, 6.07) is 12.0. The third-order valence-electron chi connectivity index (χ3n) is 6.35. The molecule has 0 amide bonds. The molecular formula is C28H30ClFN4O2. The number of pyridine rings is 3. The van der Waals surface area contributed by atoms with E-state index in [0.717, 1.165) is 5.69 Å². The van der Waals surface area contributed by atoms with E-state index >= 15 is 0 Å². The largest absolute Gasteiger partial charge is 0.394 e. The van der Waals surface area contributed by atoms with Crippen molar-refractivity contribution < 1.29 is 9.50 Å². The maximum Gasteiger partial charge on any atom is 0.193 e. The molecule has 1 atom stereocenters. The average molecular weight is 509 g/mol. The van der Waals surface area contributed by atoms with Crippen molar-refractivity contribution in [2.24, 2.45) is 5.41 Å². The zero-order chi connectivity index (χ0) is 26.0. The Kier molecular flexibility index (Phi) is 7.43. The van der Waals surface area contributed by atoms with Gasteiger partial charge in [-0.25, -0.2) is 9.37 Å². The molecule has 4 rings (SSSR count). The lowest BCUT2D eigenvalue weighted by molar-refractivity contribution is 0.139. The molecular weight excluding hydrogens is 479 g/mol. The van der Waals surface area contributed by atoms with Gasteiger partial charge in [-0.05, 0) is 47.7 Å². The van der Waals surface area contributed by atoms with Gasteiger partial charge in [0.25, 0.3) is 0 Å². The van der Waals surface area contributed by atoms with Gasteiger partial charge in [0.2, 0.25) is 0 Å². The smallest absolute Gasteiger partial charge is 0.193 e. The van der Waals surface area contributed by atoms with Crippen LogP contribution in [0.5, 0.6) is 0 Å². The highest BCUT2D eigenvalue weighted by Crippen LogP contribution is 2.33. The molecule has 3 aromatic heterocycles. The monoisotopic (exact) mass is 508 g/mol. The molecule has 6 nitrogen and oxygen atoms in total. The van der Waals surface area contributed by atoms with Crippen LogP contribution in [-0.2, 0) is 13.0 Å². The Morgan fingerprint density at radius 2 is 1.94 bits per heavy atom. The Bertz CT molecular complexity index is 1450. The van der Waals surface area contributed by atoms with Crippen molar-refractivity contribution in [2.75, 3.05) is 11.9 Å². The highest BCUT2D eigenvalue weighted by atomic mass is 35.5. The van der Waals surface area contributed by atoms with Crippen LogP contribution < -0.4 is 10.7 Å². The molecule has 3 heterocycles. The van der Waals surface area contributed by atoms with E-state index in [1.54, 1.807) is 37.5 Å². The fraction of sp³-hybridized carbons (Fsp3) is 0.321. The molecule has 0 radical (unpaired) electrons. The minimum absolute atomic E-state index is 0.0402. The molecule has 2 N–H and O–H groups in total. The van der Waals surface area contributed by atoms with Gasteiger partial charge in [0.1, 0.15) is 17.3 Å². The van der Waals surface area contributed by atoms with Crippen molar-refractivity contribution in [3.63, 3.8) is 0 Å². The third kappa shape index (κ3) is 5.27. The summed E-state index contributed by atoms with van der Waals surface area (Å²) >= 11 is 6.02. The number of nitrogens with zero attached hydrogens (tertiary/aromatic N) is 3. The number of nitrogens with one attached hydrogen (secondary N) is 1. The second-order valence-corrected chi connectivity index (χ2v) is 10.5. The van der Waals surface area contributed by atoms with Crippen LogP contribution in [0.25, 0.3) is 11.0 Å². The number of fused-ring (bicyclic) bond motifs is 1. The Morgan fingerprint density at radius 3 is 2.61 bits per heavy atom. The minimum atomic E-state index is -0.496. The van der Waals surface area contributed by atoms with E-state index in [2.05, 4.69) is 10.3 Å². The van der Waals surface area contributed by atoms with Gasteiger partial charge in [-0.15, -0.1) is 0 Å². The highest BCUT2D eigenvalue weighted by molar-refractivity contribution is 6.30. The van der Waals surface area contributed by atoms with Crippen molar-refractivity contribution in [3.8, 4) is 0 Å². The summed E-state index contributed by atoms with van der Waals surface area (Å²) in [4.78, 5) is 22.5. The lowest BCUT2D eigenvalue weighted by atomic mass is 9.86. The first-order valence-electron chi connectivity index (χ1n) is 11.8. The maximum atomic E-state index is 14.8. The van der Waals surface area contributed by atoms with Gasteiger partial charge in [-0.2, -0.15) is 0 Å². The molecule has 4 aromatic rings. The minimum Gasteiger partial charge on any atom is -0.394 e. The van der Waals surface area contributed by atoms with Crippen molar-refractivity contribution in [3.05, 3.63) is 98.3 Å². The second kappa shape index (κ2) is 10.4. The number of aliphatic hydroxyl groups is 1. The topological polar surface area (TPSA) is 80.0 Å². The normalized spacial score (nSPS) is 12.6. The van der Waals surface area contributed by atoms with Crippen molar-refractivity contribution in [1.29, 1.82) is 0 Å². The standard InChI is InChI=1S/C28H30ClFN4O2/c1-17-15-34(23(16-35)28(2,3)4)27-21(25(17)36)13-19(12-18-8-7-10-22(29)24(18)30)26(33-27)32-14-20-9-5-6-11-31-20/h5-11,13,15,23,35H,12,14,16H2,1-4H3,(H,32,33)/t23-/m1/s1. The van der Waals surface area contributed by atoms with Gasteiger partial charge in [-0.1, -0.05) is 50.6 Å². The first kappa shape index (κ1) is 25.8. The van der Waals surface area contributed by atoms with E-state index < -0.39 is 5.82 Å². The number of halogens is 2. The summed E-state index contributed by atoms with van der Waals surface area (Å²) in [5, 5.41) is 14.0. The molecule has 0 aliphatic heterocycles. The van der Waals surface area contributed by atoms with Gasteiger partial charge >= 0.3 is 0 Å². The molecule has 0 fully saturated rings. The van der Waals surface area contributed by atoms with Crippen LogP contribution in [0.1, 0.15) is 49.2 Å². The van der Waals surface area contributed by atoms with E-state index in [0.29, 0.717) is 40.1 Å². The van der Waals surface area contributed by atoms with E-state index in [4.69, 9.17) is 16.6 Å². The third-order valence-corrected chi connectivity index (χ3v) is 6.64. The number of rotatable bonds is 7. The number of anilines is 1. The molecule has 0 saturated heterocycles. The summed E-state index contributed by atoms with van der Waals surface area (Å²) in [5.74, 6) is 0.0137. The zero-order valence-electron chi connectivity index (χ0n) is 20.8. The lowest BCUT2D eigenvalue weighted by Gasteiger charge is -2.32. The molecule has 188 valence electrons. The van der Waals surface area contributed by atoms with Crippen LogP contribution in [0.3, 0.4) is 0 Å². The molecule has 0 saturated carbocycles.